The van der Waals surface area contributed by atoms with Gasteiger partial charge in [0.25, 0.3) is 0 Å². The topological polar surface area (TPSA) is 55.1 Å². The van der Waals surface area contributed by atoms with Gasteiger partial charge in [0.05, 0.1) is 0 Å². The molecule has 1 fully saturated rings. The molecule has 0 aromatic carbocycles. The number of nitrogens with one attached hydrogen (secondary N) is 1. The first-order valence-electron chi connectivity index (χ1n) is 6.66. The summed E-state index contributed by atoms with van der Waals surface area (Å²) in [6, 6.07) is 0.606. The summed E-state index contributed by atoms with van der Waals surface area (Å²) >= 11 is 0. The van der Waals surface area contributed by atoms with Crippen LogP contribution in [-0.2, 0) is 4.79 Å². The first-order valence-corrected chi connectivity index (χ1v) is 6.66. The third-order valence-electron chi connectivity index (χ3n) is 3.67. The van der Waals surface area contributed by atoms with Gasteiger partial charge in [-0.25, -0.2) is 0 Å². The molecule has 0 radical (unpaired) electrons. The van der Waals surface area contributed by atoms with Gasteiger partial charge in [0, 0.05) is 12.0 Å². The van der Waals surface area contributed by atoms with E-state index < -0.39 is 0 Å². The van der Waals surface area contributed by atoms with Crippen LogP contribution in [0.15, 0.2) is 0 Å². The summed E-state index contributed by atoms with van der Waals surface area (Å²) in [5.41, 5.74) is 5.32. The van der Waals surface area contributed by atoms with E-state index in [0.717, 1.165) is 38.1 Å². The normalized spacial score (nSPS) is 27.6. The molecule has 1 aliphatic carbocycles. The maximum atomic E-state index is 11.0. The predicted molar refractivity (Wildman–Crippen MR) is 67.0 cm³/mol. The van der Waals surface area contributed by atoms with Gasteiger partial charge in [-0.05, 0) is 44.6 Å². The first-order chi connectivity index (χ1) is 7.63. The smallest absolute Gasteiger partial charge is 0.220 e. The Morgan fingerprint density at radius 3 is 2.50 bits per heavy atom. The molecule has 1 atom stereocenters. The molecule has 0 aromatic heterocycles. The maximum Gasteiger partial charge on any atom is 0.220 e. The van der Waals surface area contributed by atoms with Crippen LogP contribution in [0.1, 0.15) is 52.4 Å². The lowest BCUT2D eigenvalue weighted by Crippen LogP contribution is -2.38. The van der Waals surface area contributed by atoms with Gasteiger partial charge in [-0.2, -0.15) is 0 Å². The van der Waals surface area contributed by atoms with Gasteiger partial charge in [-0.3, -0.25) is 4.79 Å². The van der Waals surface area contributed by atoms with Gasteiger partial charge in [-0.15, -0.1) is 0 Å². The molecule has 3 N–H and O–H groups in total. The van der Waals surface area contributed by atoms with Crippen LogP contribution in [0.2, 0.25) is 0 Å². The average molecular weight is 226 g/mol. The SMILES string of the molecule is CCCC(C)CNC1CCC(C(N)=O)CC1. The zero-order valence-corrected chi connectivity index (χ0v) is 10.7. The van der Waals surface area contributed by atoms with Gasteiger partial charge in [0.15, 0.2) is 0 Å². The van der Waals surface area contributed by atoms with Crippen molar-refractivity contribution in [2.45, 2.75) is 58.4 Å². The predicted octanol–water partition coefficient (Wildman–Crippen LogP) is 2.06. The van der Waals surface area contributed by atoms with Crippen molar-refractivity contribution in [2.75, 3.05) is 6.54 Å². The first kappa shape index (κ1) is 13.5. The number of hydrogen-bond donors (Lipinski definition) is 2. The van der Waals surface area contributed by atoms with E-state index in [4.69, 9.17) is 5.73 Å². The summed E-state index contributed by atoms with van der Waals surface area (Å²) in [6.45, 7) is 5.64. The van der Waals surface area contributed by atoms with E-state index in [2.05, 4.69) is 19.2 Å². The Labute approximate surface area is 99.2 Å². The Balaban J connectivity index is 2.14. The number of nitrogens with two attached hydrogens (primary N) is 1. The van der Waals surface area contributed by atoms with Crippen molar-refractivity contribution < 1.29 is 4.79 Å². The fourth-order valence-electron chi connectivity index (χ4n) is 2.54. The highest BCUT2D eigenvalue weighted by Gasteiger charge is 2.24. The lowest BCUT2D eigenvalue weighted by molar-refractivity contribution is -0.122. The summed E-state index contributed by atoms with van der Waals surface area (Å²) < 4.78 is 0. The number of carbonyl (C=O) groups excluding carboxylic acids is 1. The van der Waals surface area contributed by atoms with Gasteiger partial charge < -0.3 is 11.1 Å². The Kier molecular flexibility index (Phi) is 5.81. The summed E-state index contributed by atoms with van der Waals surface area (Å²) in [7, 11) is 0. The van der Waals surface area contributed by atoms with Crippen molar-refractivity contribution in [3.63, 3.8) is 0 Å². The van der Waals surface area contributed by atoms with Crippen molar-refractivity contribution in [2.24, 2.45) is 17.6 Å². The third kappa shape index (κ3) is 4.52. The summed E-state index contributed by atoms with van der Waals surface area (Å²) in [5.74, 6) is 0.780. The highest BCUT2D eigenvalue weighted by Crippen LogP contribution is 2.24. The molecule has 16 heavy (non-hydrogen) atoms. The lowest BCUT2D eigenvalue weighted by Gasteiger charge is -2.28. The molecule has 1 rings (SSSR count). The number of hydrogen-bond acceptors (Lipinski definition) is 2. The van der Waals surface area contributed by atoms with E-state index >= 15 is 0 Å². The molecule has 0 heterocycles. The van der Waals surface area contributed by atoms with Crippen LogP contribution in [-0.4, -0.2) is 18.5 Å². The Morgan fingerprint density at radius 1 is 1.38 bits per heavy atom. The molecule has 0 spiro atoms. The molecule has 0 saturated heterocycles. The monoisotopic (exact) mass is 226 g/mol. The molecule has 1 aliphatic rings. The fourth-order valence-corrected chi connectivity index (χ4v) is 2.54. The van der Waals surface area contributed by atoms with Gasteiger partial charge in [-0.1, -0.05) is 20.3 Å². The maximum absolute atomic E-state index is 11.0. The van der Waals surface area contributed by atoms with Crippen LogP contribution >= 0.6 is 0 Å². The average Bonchev–Trinajstić information content (AvgIpc) is 2.27. The van der Waals surface area contributed by atoms with Crippen LogP contribution in [0.4, 0.5) is 0 Å². The molecule has 0 aromatic rings. The van der Waals surface area contributed by atoms with Crippen LogP contribution < -0.4 is 11.1 Å². The Morgan fingerprint density at radius 2 is 2.00 bits per heavy atom. The fraction of sp³-hybridized carbons (Fsp3) is 0.923. The second-order valence-corrected chi connectivity index (χ2v) is 5.25. The van der Waals surface area contributed by atoms with Crippen molar-refractivity contribution >= 4 is 5.91 Å². The van der Waals surface area contributed by atoms with Crippen LogP contribution in [0, 0.1) is 11.8 Å². The van der Waals surface area contributed by atoms with Crippen LogP contribution in [0.5, 0.6) is 0 Å². The molecule has 0 aliphatic heterocycles. The molecule has 3 heteroatoms. The molecule has 1 saturated carbocycles. The second-order valence-electron chi connectivity index (χ2n) is 5.25. The van der Waals surface area contributed by atoms with E-state index in [1.165, 1.54) is 12.8 Å². The van der Waals surface area contributed by atoms with Gasteiger partial charge in [0.2, 0.25) is 5.91 Å². The zero-order chi connectivity index (χ0) is 12.0. The largest absolute Gasteiger partial charge is 0.369 e. The minimum Gasteiger partial charge on any atom is -0.369 e. The molecular weight excluding hydrogens is 200 g/mol. The zero-order valence-electron chi connectivity index (χ0n) is 10.7. The van der Waals surface area contributed by atoms with E-state index in [1.54, 1.807) is 0 Å². The summed E-state index contributed by atoms with van der Waals surface area (Å²) in [5, 5.41) is 3.61. The van der Waals surface area contributed by atoms with Gasteiger partial charge >= 0.3 is 0 Å². The number of amides is 1. The molecule has 0 bridgehead atoms. The Hall–Kier alpha value is -0.570. The molecular formula is C13H26N2O. The summed E-state index contributed by atoms with van der Waals surface area (Å²) in [6.07, 6.45) is 6.70. The quantitative estimate of drug-likeness (QED) is 0.728. The number of primary amides is 1. The van der Waals surface area contributed by atoms with Crippen molar-refractivity contribution in [1.29, 1.82) is 0 Å². The van der Waals surface area contributed by atoms with Crippen LogP contribution in [0.3, 0.4) is 0 Å². The van der Waals surface area contributed by atoms with Crippen molar-refractivity contribution in [1.82, 2.24) is 5.32 Å². The molecule has 1 amide bonds. The van der Waals surface area contributed by atoms with Crippen molar-refractivity contribution in [3.8, 4) is 0 Å². The number of carbonyl (C=O) groups is 1. The minimum atomic E-state index is -0.113. The standard InChI is InChI=1S/C13H26N2O/c1-3-4-10(2)9-15-12-7-5-11(6-8-12)13(14)16/h10-12,15H,3-9H2,1-2H3,(H2,14,16). The molecule has 3 nitrogen and oxygen atoms in total. The third-order valence-corrected chi connectivity index (χ3v) is 3.67. The minimum absolute atomic E-state index is 0.113. The van der Waals surface area contributed by atoms with Gasteiger partial charge in [0.1, 0.15) is 0 Å². The van der Waals surface area contributed by atoms with E-state index in [1.807, 2.05) is 0 Å². The molecule has 1 unspecified atom stereocenters. The highest BCUT2D eigenvalue weighted by molar-refractivity contribution is 5.76. The summed E-state index contributed by atoms with van der Waals surface area (Å²) in [4.78, 5) is 11.0. The van der Waals surface area contributed by atoms with Crippen LogP contribution in [0.25, 0.3) is 0 Å². The second kappa shape index (κ2) is 6.89. The van der Waals surface area contributed by atoms with E-state index in [9.17, 15) is 4.79 Å². The molecule has 94 valence electrons. The van der Waals surface area contributed by atoms with E-state index in [-0.39, 0.29) is 11.8 Å². The van der Waals surface area contributed by atoms with E-state index in [0.29, 0.717) is 6.04 Å². The number of rotatable bonds is 6. The highest BCUT2D eigenvalue weighted by atomic mass is 16.1. The Bertz CT molecular complexity index is 210. The van der Waals surface area contributed by atoms with Crippen molar-refractivity contribution in [3.05, 3.63) is 0 Å². The lowest BCUT2D eigenvalue weighted by atomic mass is 9.85.